The van der Waals surface area contributed by atoms with E-state index in [1.165, 1.54) is 56.9 Å². The van der Waals surface area contributed by atoms with Crippen molar-refractivity contribution in [3.63, 3.8) is 0 Å². The van der Waals surface area contributed by atoms with Crippen LogP contribution in [0.3, 0.4) is 0 Å². The Hall–Kier alpha value is -0.460. The Kier molecular flexibility index (Phi) is 9.85. The zero-order valence-corrected chi connectivity index (χ0v) is 20.6. The molecule has 0 amide bonds. The van der Waals surface area contributed by atoms with Gasteiger partial charge in [-0.25, -0.2) is 0 Å². The average molecular weight is 473 g/mol. The summed E-state index contributed by atoms with van der Waals surface area (Å²) < 4.78 is 39.2. The van der Waals surface area contributed by atoms with E-state index in [0.29, 0.717) is 23.5 Å². The van der Waals surface area contributed by atoms with Gasteiger partial charge in [-0.15, -0.1) is 0 Å². The second-order valence-corrected chi connectivity index (χ2v) is 11.1. The standard InChI is InChI=1S/C25H38F2O2S2/c1-3-11-18(4-2)22-16-21(19-12-7-5-8-13-19)17-23(20-14-9-6-10-15-20)24(22)29-31-25(26,27)30-28/h16-20,28H,3-15H2,1-2H3. The minimum atomic E-state index is -3.38. The molecule has 2 saturated carbocycles. The summed E-state index contributed by atoms with van der Waals surface area (Å²) >= 11 is -0.360. The monoisotopic (exact) mass is 472 g/mol. The van der Waals surface area contributed by atoms with Crippen molar-refractivity contribution in [3.05, 3.63) is 28.8 Å². The van der Waals surface area contributed by atoms with Gasteiger partial charge in [-0.2, -0.15) is 8.78 Å². The molecule has 1 unspecified atom stereocenters. The molecular formula is C25H38F2O2S2. The Morgan fingerprint density at radius 1 is 1.00 bits per heavy atom. The highest BCUT2D eigenvalue weighted by atomic mass is 32.2. The van der Waals surface area contributed by atoms with E-state index < -0.39 is 16.6 Å². The number of alkyl halides is 2. The maximum absolute atomic E-state index is 13.9. The average Bonchev–Trinajstić information content (AvgIpc) is 2.82. The summed E-state index contributed by atoms with van der Waals surface area (Å²) in [5.41, 5.74) is 3.64. The van der Waals surface area contributed by atoms with Gasteiger partial charge in [0.05, 0.1) is 12.0 Å². The molecule has 0 bridgehead atoms. The molecule has 6 heteroatoms. The highest BCUT2D eigenvalue weighted by molar-refractivity contribution is 8.13. The van der Waals surface area contributed by atoms with E-state index in [2.05, 4.69) is 26.0 Å². The van der Waals surface area contributed by atoms with Crippen molar-refractivity contribution in [1.82, 2.24) is 0 Å². The van der Waals surface area contributed by atoms with Gasteiger partial charge in [-0.1, -0.05) is 70.9 Å². The van der Waals surface area contributed by atoms with Crippen LogP contribution in [-0.4, -0.2) is 9.14 Å². The predicted molar refractivity (Wildman–Crippen MR) is 129 cm³/mol. The molecule has 3 rings (SSSR count). The zero-order valence-electron chi connectivity index (χ0n) is 19.0. The molecule has 2 aliphatic carbocycles. The van der Waals surface area contributed by atoms with Gasteiger partial charge in [-0.3, -0.25) is 0 Å². The van der Waals surface area contributed by atoms with E-state index in [-0.39, 0.29) is 12.0 Å². The lowest BCUT2D eigenvalue weighted by Crippen LogP contribution is -2.14. The lowest BCUT2D eigenvalue weighted by molar-refractivity contribution is 0.197. The Labute approximate surface area is 195 Å². The Morgan fingerprint density at radius 3 is 2.16 bits per heavy atom. The molecule has 2 aliphatic rings. The van der Waals surface area contributed by atoms with Gasteiger partial charge in [0.1, 0.15) is 17.8 Å². The molecule has 0 saturated heterocycles. The van der Waals surface area contributed by atoms with Gasteiger partial charge >= 0.3 is 4.59 Å². The summed E-state index contributed by atoms with van der Waals surface area (Å²) in [5, 5.41) is 0. The molecule has 0 heterocycles. The van der Waals surface area contributed by atoms with Gasteiger partial charge in [0.2, 0.25) is 0 Å². The molecule has 1 aromatic carbocycles. The van der Waals surface area contributed by atoms with Crippen molar-refractivity contribution in [2.45, 2.75) is 120 Å². The first-order chi connectivity index (χ1) is 15.0. The molecule has 0 radical (unpaired) electrons. The van der Waals surface area contributed by atoms with E-state index in [0.717, 1.165) is 43.2 Å². The van der Waals surface area contributed by atoms with Crippen molar-refractivity contribution in [1.29, 1.82) is 0 Å². The van der Waals surface area contributed by atoms with Crippen LogP contribution in [-0.2, 0) is 0 Å². The van der Waals surface area contributed by atoms with Crippen molar-refractivity contribution >= 4 is 24.1 Å². The Balaban J connectivity index is 2.07. The number of halogens is 2. The van der Waals surface area contributed by atoms with Crippen LogP contribution in [0.1, 0.15) is 132 Å². The van der Waals surface area contributed by atoms with Gasteiger partial charge in [0.15, 0.2) is 0 Å². The molecule has 1 atom stereocenters. The molecular weight excluding hydrogens is 434 g/mol. The molecule has 2 fully saturated rings. The third-order valence-corrected chi connectivity index (χ3v) is 8.27. The van der Waals surface area contributed by atoms with Crippen LogP contribution < -0.4 is 4.18 Å². The lowest BCUT2D eigenvalue weighted by atomic mass is 9.77. The number of benzene rings is 1. The third-order valence-electron chi connectivity index (χ3n) is 7.19. The lowest BCUT2D eigenvalue weighted by Gasteiger charge is -2.31. The molecule has 1 N–H and O–H groups in total. The van der Waals surface area contributed by atoms with Gasteiger partial charge < -0.3 is 8.74 Å². The molecule has 2 nitrogen and oxygen atoms in total. The predicted octanol–water partition coefficient (Wildman–Crippen LogP) is 9.86. The smallest absolute Gasteiger partial charge is 0.400 e. The molecule has 1 aromatic rings. The van der Waals surface area contributed by atoms with E-state index in [1.807, 2.05) is 0 Å². The van der Waals surface area contributed by atoms with Gasteiger partial charge in [0, 0.05) is 0 Å². The van der Waals surface area contributed by atoms with Crippen LogP contribution in [0, 0.1) is 0 Å². The number of rotatable bonds is 10. The first kappa shape index (κ1) is 25.2. The van der Waals surface area contributed by atoms with E-state index in [9.17, 15) is 8.78 Å². The quantitative estimate of drug-likeness (QED) is 0.271. The van der Waals surface area contributed by atoms with Crippen molar-refractivity contribution in [2.24, 2.45) is 0 Å². The third kappa shape index (κ3) is 6.77. The van der Waals surface area contributed by atoms with Crippen LogP contribution in [0.25, 0.3) is 0 Å². The highest BCUT2D eigenvalue weighted by Gasteiger charge is 2.35. The van der Waals surface area contributed by atoms with Crippen molar-refractivity contribution in [2.75, 3.05) is 0 Å². The zero-order chi connectivity index (χ0) is 22.3. The Bertz CT molecular complexity index is 660. The van der Waals surface area contributed by atoms with Gasteiger partial charge in [0.25, 0.3) is 0 Å². The summed E-state index contributed by atoms with van der Waals surface area (Å²) in [7, 11) is 0. The fourth-order valence-electron chi connectivity index (χ4n) is 5.52. The van der Waals surface area contributed by atoms with Crippen LogP contribution in [0.2, 0.25) is 0 Å². The number of hydrogen-bond acceptors (Lipinski definition) is 4. The Morgan fingerprint density at radius 2 is 1.61 bits per heavy atom. The summed E-state index contributed by atoms with van der Waals surface area (Å²) in [6, 6.07) is 4.58. The first-order valence-electron chi connectivity index (χ1n) is 12.2. The summed E-state index contributed by atoms with van der Waals surface area (Å²) in [6.45, 7) is 4.37. The summed E-state index contributed by atoms with van der Waals surface area (Å²) in [4.78, 5) is 0. The van der Waals surface area contributed by atoms with Crippen molar-refractivity contribution in [3.8, 4) is 5.75 Å². The van der Waals surface area contributed by atoms with Gasteiger partial charge in [-0.05, 0) is 73.0 Å². The van der Waals surface area contributed by atoms with Crippen LogP contribution in [0.15, 0.2) is 12.1 Å². The van der Waals surface area contributed by atoms with Crippen molar-refractivity contribution < 1.29 is 17.5 Å². The molecule has 31 heavy (non-hydrogen) atoms. The molecule has 176 valence electrons. The SMILES string of the molecule is CCCC(CC)c1cc(C2CCCCC2)cc(C2CCCCC2)c1OSC(F)(F)SO. The van der Waals surface area contributed by atoms with E-state index in [4.69, 9.17) is 8.74 Å². The minimum Gasteiger partial charge on any atom is -0.418 e. The van der Waals surface area contributed by atoms with Crippen LogP contribution in [0.5, 0.6) is 5.75 Å². The maximum Gasteiger partial charge on any atom is 0.400 e. The summed E-state index contributed by atoms with van der Waals surface area (Å²) in [5.74, 6) is 1.92. The normalized spacial score (nSPS) is 20.0. The minimum absolute atomic E-state index is 0.0912. The molecule has 0 aromatic heterocycles. The van der Waals surface area contributed by atoms with E-state index >= 15 is 0 Å². The maximum atomic E-state index is 13.9. The van der Waals surface area contributed by atoms with E-state index in [1.54, 1.807) is 0 Å². The second kappa shape index (κ2) is 12.1. The molecule has 0 spiro atoms. The topological polar surface area (TPSA) is 29.5 Å². The number of hydrogen-bond donors (Lipinski definition) is 1. The van der Waals surface area contributed by atoms with Crippen LogP contribution in [0.4, 0.5) is 8.78 Å². The van der Waals surface area contributed by atoms with Crippen LogP contribution >= 0.6 is 24.1 Å². The summed E-state index contributed by atoms with van der Waals surface area (Å²) in [6.07, 6.45) is 15.2. The first-order valence-corrected chi connectivity index (χ1v) is 13.7. The fraction of sp³-hybridized carbons (Fsp3) is 0.760. The molecule has 0 aliphatic heterocycles. The highest BCUT2D eigenvalue weighted by Crippen LogP contribution is 2.49. The fourth-order valence-corrected chi connectivity index (χ4v) is 6.12. The largest absolute Gasteiger partial charge is 0.418 e. The second-order valence-electron chi connectivity index (χ2n) is 9.31.